The number of carbonyl (C=O) groups is 1. The van der Waals surface area contributed by atoms with Crippen LogP contribution in [0.25, 0.3) is 10.9 Å². The Kier molecular flexibility index (Phi) is 3.52. The number of nitrogens with zero attached hydrogens (tertiary/aromatic N) is 2. The van der Waals surface area contributed by atoms with Gasteiger partial charge in [0.2, 0.25) is 5.91 Å². The highest BCUT2D eigenvalue weighted by Gasteiger charge is 2.40. The number of hydrogen-bond acceptors (Lipinski definition) is 3. The van der Waals surface area contributed by atoms with E-state index in [0.717, 1.165) is 12.8 Å². The minimum Gasteiger partial charge on any atom is -0.273 e. The first kappa shape index (κ1) is 15.1. The summed E-state index contributed by atoms with van der Waals surface area (Å²) in [5.41, 5.74) is 3.30. The van der Waals surface area contributed by atoms with E-state index in [2.05, 4.69) is 22.6 Å². The molecule has 1 saturated carbocycles. The van der Waals surface area contributed by atoms with Gasteiger partial charge in [-0.3, -0.25) is 15.0 Å². The summed E-state index contributed by atoms with van der Waals surface area (Å²) in [6, 6.07) is 7.25. The minimum absolute atomic E-state index is 0.0301. The highest BCUT2D eigenvalue weighted by molar-refractivity contribution is 5.87. The monoisotopic (exact) mass is 323 g/mol. The zero-order chi connectivity index (χ0) is 16.8. The number of fused-ring (bicyclic) bond motifs is 3. The molecule has 3 atom stereocenters. The Morgan fingerprint density at radius 1 is 1.25 bits per heavy atom. The smallest absolute Gasteiger partial charge is 0.273 e. The van der Waals surface area contributed by atoms with Gasteiger partial charge < -0.3 is 0 Å². The number of nitrogens with one attached hydrogen (secondary N) is 1. The van der Waals surface area contributed by atoms with Crippen LogP contribution in [0.3, 0.4) is 0 Å². The average molecular weight is 323 g/mol. The summed E-state index contributed by atoms with van der Waals surface area (Å²) in [7, 11) is 0. The van der Waals surface area contributed by atoms with Gasteiger partial charge in [0.25, 0.3) is 5.56 Å². The molecule has 2 aliphatic rings. The van der Waals surface area contributed by atoms with Gasteiger partial charge in [-0.25, -0.2) is 9.66 Å². The van der Waals surface area contributed by atoms with E-state index in [-0.39, 0.29) is 23.3 Å². The third kappa shape index (κ3) is 2.35. The summed E-state index contributed by atoms with van der Waals surface area (Å²) in [5.74, 6) is 1.32. The maximum absolute atomic E-state index is 12.9. The molecule has 0 radical (unpaired) electrons. The van der Waals surface area contributed by atoms with Gasteiger partial charge in [-0.2, -0.15) is 0 Å². The molecule has 5 heteroatoms. The second-order valence-corrected chi connectivity index (χ2v) is 7.15. The SMILES string of the molecule is CC(C)c1nc2ccccc2c(=O)n1NC(=O)[C@@H]1C[C@@H]2C=C[C@H]1C2. The molecule has 1 N–H and O–H groups in total. The van der Waals surface area contributed by atoms with Crippen LogP contribution in [0.1, 0.15) is 38.4 Å². The zero-order valence-electron chi connectivity index (χ0n) is 13.9. The molecule has 0 aliphatic heterocycles. The fourth-order valence-corrected chi connectivity index (χ4v) is 3.92. The van der Waals surface area contributed by atoms with Crippen LogP contribution in [0.4, 0.5) is 0 Å². The Hall–Kier alpha value is -2.43. The molecule has 1 aromatic heterocycles. The summed E-state index contributed by atoms with van der Waals surface area (Å²) < 4.78 is 1.35. The van der Waals surface area contributed by atoms with Gasteiger partial charge in [-0.1, -0.05) is 38.1 Å². The molecule has 1 amide bonds. The van der Waals surface area contributed by atoms with E-state index in [1.807, 2.05) is 32.0 Å². The molecule has 2 bridgehead atoms. The van der Waals surface area contributed by atoms with Crippen LogP contribution in [0.2, 0.25) is 0 Å². The maximum Gasteiger partial charge on any atom is 0.280 e. The van der Waals surface area contributed by atoms with Crippen molar-refractivity contribution in [1.82, 2.24) is 9.66 Å². The van der Waals surface area contributed by atoms with Crippen molar-refractivity contribution in [2.75, 3.05) is 5.43 Å². The number of benzene rings is 1. The molecule has 1 heterocycles. The van der Waals surface area contributed by atoms with Gasteiger partial charge in [0, 0.05) is 11.8 Å². The van der Waals surface area contributed by atoms with Gasteiger partial charge in [0.05, 0.1) is 10.9 Å². The molecular weight excluding hydrogens is 302 g/mol. The molecule has 4 rings (SSSR count). The van der Waals surface area contributed by atoms with Crippen LogP contribution >= 0.6 is 0 Å². The first-order chi connectivity index (χ1) is 11.5. The number of amides is 1. The van der Waals surface area contributed by atoms with Crippen LogP contribution in [0.5, 0.6) is 0 Å². The molecule has 0 unspecified atom stereocenters. The van der Waals surface area contributed by atoms with E-state index >= 15 is 0 Å². The molecule has 5 nitrogen and oxygen atoms in total. The highest BCUT2D eigenvalue weighted by atomic mass is 16.2. The molecule has 1 fully saturated rings. The van der Waals surface area contributed by atoms with Crippen molar-refractivity contribution >= 4 is 16.8 Å². The Bertz CT molecular complexity index is 897. The molecule has 0 saturated heterocycles. The van der Waals surface area contributed by atoms with E-state index in [1.54, 1.807) is 6.07 Å². The van der Waals surface area contributed by atoms with Gasteiger partial charge in [0.15, 0.2) is 0 Å². The van der Waals surface area contributed by atoms with Crippen molar-refractivity contribution < 1.29 is 4.79 Å². The highest BCUT2D eigenvalue weighted by Crippen LogP contribution is 2.43. The Balaban J connectivity index is 1.74. The van der Waals surface area contributed by atoms with Crippen molar-refractivity contribution in [3.63, 3.8) is 0 Å². The quantitative estimate of drug-likeness (QED) is 0.884. The number of allylic oxidation sites excluding steroid dienone is 2. The lowest BCUT2D eigenvalue weighted by atomic mass is 9.93. The van der Waals surface area contributed by atoms with E-state index < -0.39 is 0 Å². The Labute approximate surface area is 140 Å². The van der Waals surface area contributed by atoms with Crippen molar-refractivity contribution in [3.05, 3.63) is 52.6 Å². The van der Waals surface area contributed by atoms with Crippen LogP contribution in [0.15, 0.2) is 41.2 Å². The van der Waals surface area contributed by atoms with E-state index in [0.29, 0.717) is 28.6 Å². The third-order valence-corrected chi connectivity index (χ3v) is 5.16. The molecule has 124 valence electrons. The number of carbonyl (C=O) groups excluding carboxylic acids is 1. The number of hydrogen-bond donors (Lipinski definition) is 1. The van der Waals surface area contributed by atoms with Crippen molar-refractivity contribution in [1.29, 1.82) is 0 Å². The summed E-state index contributed by atoms with van der Waals surface area (Å²) in [4.78, 5) is 30.2. The first-order valence-corrected chi connectivity index (χ1v) is 8.55. The standard InChI is InChI=1S/C19H21N3O2/c1-11(2)17-20-16-6-4-3-5-14(16)19(24)22(17)21-18(23)15-10-12-7-8-13(15)9-12/h3-8,11-13,15H,9-10H2,1-2H3,(H,21,23)/t12-,13+,15-/m1/s1. The summed E-state index contributed by atoms with van der Waals surface area (Å²) >= 11 is 0. The molecule has 1 aromatic carbocycles. The van der Waals surface area contributed by atoms with Gasteiger partial charge in [-0.15, -0.1) is 0 Å². The molecule has 24 heavy (non-hydrogen) atoms. The zero-order valence-corrected chi connectivity index (χ0v) is 13.9. The second kappa shape index (κ2) is 5.58. The third-order valence-electron chi connectivity index (χ3n) is 5.16. The average Bonchev–Trinajstić information content (AvgIpc) is 3.20. The molecule has 0 spiro atoms. The fraction of sp³-hybridized carbons (Fsp3) is 0.421. The normalized spacial score (nSPS) is 24.9. The predicted molar refractivity (Wildman–Crippen MR) is 93.3 cm³/mol. The molecule has 2 aromatic rings. The molecule has 2 aliphatic carbocycles. The summed E-state index contributed by atoms with van der Waals surface area (Å²) in [6.45, 7) is 3.94. The summed E-state index contributed by atoms with van der Waals surface area (Å²) in [6.07, 6.45) is 6.28. The van der Waals surface area contributed by atoms with Crippen molar-refractivity contribution in [2.24, 2.45) is 17.8 Å². The number of rotatable bonds is 3. The van der Waals surface area contributed by atoms with Crippen molar-refractivity contribution in [2.45, 2.75) is 32.6 Å². The van der Waals surface area contributed by atoms with Gasteiger partial charge >= 0.3 is 0 Å². The Morgan fingerprint density at radius 2 is 2.04 bits per heavy atom. The van der Waals surface area contributed by atoms with Crippen LogP contribution in [-0.4, -0.2) is 15.6 Å². The summed E-state index contributed by atoms with van der Waals surface area (Å²) in [5, 5.41) is 0.523. The topological polar surface area (TPSA) is 64.0 Å². The Morgan fingerprint density at radius 3 is 2.71 bits per heavy atom. The van der Waals surface area contributed by atoms with Crippen molar-refractivity contribution in [3.8, 4) is 0 Å². The number of para-hydroxylation sites is 1. The predicted octanol–water partition coefficient (Wildman–Crippen LogP) is 2.80. The van der Waals surface area contributed by atoms with Crippen LogP contribution < -0.4 is 11.0 Å². The lowest BCUT2D eigenvalue weighted by molar-refractivity contribution is -0.121. The lowest BCUT2D eigenvalue weighted by Gasteiger charge is -2.21. The lowest BCUT2D eigenvalue weighted by Crippen LogP contribution is -2.40. The maximum atomic E-state index is 12.9. The van der Waals surface area contributed by atoms with Crippen LogP contribution in [0, 0.1) is 17.8 Å². The second-order valence-electron chi connectivity index (χ2n) is 7.15. The van der Waals surface area contributed by atoms with E-state index in [4.69, 9.17) is 0 Å². The first-order valence-electron chi connectivity index (χ1n) is 8.55. The van der Waals surface area contributed by atoms with E-state index in [1.165, 1.54) is 4.68 Å². The van der Waals surface area contributed by atoms with E-state index in [9.17, 15) is 9.59 Å². The van der Waals surface area contributed by atoms with Gasteiger partial charge in [0.1, 0.15) is 5.82 Å². The van der Waals surface area contributed by atoms with Crippen LogP contribution in [-0.2, 0) is 4.79 Å². The molecular formula is C19H21N3O2. The van der Waals surface area contributed by atoms with Gasteiger partial charge in [-0.05, 0) is 36.8 Å². The largest absolute Gasteiger partial charge is 0.280 e. The fourth-order valence-electron chi connectivity index (χ4n) is 3.92. The minimum atomic E-state index is -0.212. The number of aromatic nitrogens is 2.